The maximum absolute atomic E-state index is 11.9. The first-order chi connectivity index (χ1) is 8.25. The first kappa shape index (κ1) is 11.9. The highest BCUT2D eigenvalue weighted by molar-refractivity contribution is 5.78. The third kappa shape index (κ3) is 3.46. The van der Waals surface area contributed by atoms with Gasteiger partial charge in [-0.1, -0.05) is 12.1 Å². The van der Waals surface area contributed by atoms with Crippen LogP contribution in [0.25, 0.3) is 0 Å². The van der Waals surface area contributed by atoms with Crippen molar-refractivity contribution in [3.05, 3.63) is 29.8 Å². The van der Waals surface area contributed by atoms with E-state index in [2.05, 4.69) is 5.32 Å². The largest absolute Gasteiger partial charge is 0.399 e. The number of rotatable bonds is 3. The van der Waals surface area contributed by atoms with Crippen LogP contribution in [0.1, 0.15) is 18.4 Å². The van der Waals surface area contributed by atoms with Crippen molar-refractivity contribution in [2.75, 3.05) is 18.9 Å². The van der Waals surface area contributed by atoms with Crippen molar-refractivity contribution in [2.45, 2.75) is 19.4 Å². The summed E-state index contributed by atoms with van der Waals surface area (Å²) >= 11 is 0. The lowest BCUT2D eigenvalue weighted by Crippen LogP contribution is -2.33. The molecule has 0 spiro atoms. The molecule has 0 atom stereocenters. The molecule has 0 radical (unpaired) electrons. The molecule has 1 aliphatic rings. The number of ether oxygens (including phenoxy) is 1. The summed E-state index contributed by atoms with van der Waals surface area (Å²) in [6.07, 6.45) is 1.64. The summed E-state index contributed by atoms with van der Waals surface area (Å²) in [6, 6.07) is 7.57. The third-order valence-corrected chi connectivity index (χ3v) is 3.01. The number of hydrogen-bond donors (Lipinski definition) is 2. The predicted molar refractivity (Wildman–Crippen MR) is 66.2 cm³/mol. The Morgan fingerprint density at radius 2 is 2.18 bits per heavy atom. The van der Waals surface area contributed by atoms with Crippen LogP contribution in [0.3, 0.4) is 0 Å². The molecule has 92 valence electrons. The Hall–Kier alpha value is -1.55. The van der Waals surface area contributed by atoms with Crippen LogP contribution in [0.5, 0.6) is 0 Å². The van der Waals surface area contributed by atoms with Gasteiger partial charge in [-0.05, 0) is 30.5 Å². The highest BCUT2D eigenvalue weighted by Gasteiger charge is 2.20. The molecule has 3 N–H and O–H groups in total. The molecule has 2 rings (SSSR count). The average molecular weight is 234 g/mol. The van der Waals surface area contributed by atoms with Gasteiger partial charge in [-0.3, -0.25) is 4.79 Å². The molecule has 1 saturated heterocycles. The molecule has 1 fully saturated rings. The Kier molecular flexibility index (Phi) is 3.98. The second kappa shape index (κ2) is 5.68. The molecule has 1 heterocycles. The summed E-state index contributed by atoms with van der Waals surface area (Å²) in [5, 5.41) is 2.95. The van der Waals surface area contributed by atoms with Crippen molar-refractivity contribution in [3.8, 4) is 0 Å². The maximum Gasteiger partial charge on any atom is 0.223 e. The smallest absolute Gasteiger partial charge is 0.223 e. The van der Waals surface area contributed by atoms with Gasteiger partial charge >= 0.3 is 0 Å². The molecule has 17 heavy (non-hydrogen) atoms. The Morgan fingerprint density at radius 3 is 2.88 bits per heavy atom. The zero-order valence-corrected chi connectivity index (χ0v) is 9.82. The molecule has 1 aromatic carbocycles. The van der Waals surface area contributed by atoms with E-state index in [-0.39, 0.29) is 11.8 Å². The standard InChI is InChI=1S/C13H18N2O2/c14-12-3-1-2-10(8-12)9-15-13(16)11-4-6-17-7-5-11/h1-3,8,11H,4-7,9,14H2,(H,15,16). The van der Waals surface area contributed by atoms with Gasteiger partial charge in [0.25, 0.3) is 0 Å². The number of anilines is 1. The van der Waals surface area contributed by atoms with Crippen molar-refractivity contribution >= 4 is 11.6 Å². The van der Waals surface area contributed by atoms with Gasteiger partial charge in [0, 0.05) is 31.4 Å². The van der Waals surface area contributed by atoms with Gasteiger partial charge in [-0.15, -0.1) is 0 Å². The van der Waals surface area contributed by atoms with E-state index in [0.29, 0.717) is 19.8 Å². The van der Waals surface area contributed by atoms with Gasteiger partial charge in [0.1, 0.15) is 0 Å². The Bertz CT molecular complexity index is 387. The molecule has 1 amide bonds. The van der Waals surface area contributed by atoms with Crippen molar-refractivity contribution in [1.29, 1.82) is 0 Å². The van der Waals surface area contributed by atoms with Gasteiger partial charge in [0.05, 0.1) is 0 Å². The summed E-state index contributed by atoms with van der Waals surface area (Å²) in [5.41, 5.74) is 7.44. The fraction of sp³-hybridized carbons (Fsp3) is 0.462. The van der Waals surface area contributed by atoms with Crippen LogP contribution < -0.4 is 11.1 Å². The quantitative estimate of drug-likeness (QED) is 0.775. The average Bonchev–Trinajstić information content (AvgIpc) is 2.37. The van der Waals surface area contributed by atoms with Crippen LogP contribution in [0.2, 0.25) is 0 Å². The van der Waals surface area contributed by atoms with Gasteiger partial charge in [0.15, 0.2) is 0 Å². The van der Waals surface area contributed by atoms with E-state index in [1.807, 2.05) is 24.3 Å². The van der Waals surface area contributed by atoms with E-state index in [1.54, 1.807) is 0 Å². The first-order valence-corrected chi connectivity index (χ1v) is 5.95. The minimum Gasteiger partial charge on any atom is -0.399 e. The van der Waals surface area contributed by atoms with Gasteiger partial charge in [-0.2, -0.15) is 0 Å². The van der Waals surface area contributed by atoms with Crippen LogP contribution in [0.15, 0.2) is 24.3 Å². The molecule has 0 saturated carbocycles. The Morgan fingerprint density at radius 1 is 1.41 bits per heavy atom. The normalized spacial score (nSPS) is 16.7. The minimum atomic E-state index is 0.102. The molecule has 1 aliphatic heterocycles. The zero-order valence-electron chi connectivity index (χ0n) is 9.82. The van der Waals surface area contributed by atoms with Crippen LogP contribution in [-0.4, -0.2) is 19.1 Å². The molecular weight excluding hydrogens is 216 g/mol. The highest BCUT2D eigenvalue weighted by Crippen LogP contribution is 2.15. The van der Waals surface area contributed by atoms with Gasteiger partial charge in [-0.25, -0.2) is 0 Å². The van der Waals surface area contributed by atoms with E-state index in [4.69, 9.17) is 10.5 Å². The van der Waals surface area contributed by atoms with Crippen molar-refractivity contribution < 1.29 is 9.53 Å². The topological polar surface area (TPSA) is 64.3 Å². The van der Waals surface area contributed by atoms with Crippen LogP contribution in [0, 0.1) is 5.92 Å². The van der Waals surface area contributed by atoms with Crippen molar-refractivity contribution in [3.63, 3.8) is 0 Å². The fourth-order valence-electron chi connectivity index (χ4n) is 2.00. The number of nitrogens with one attached hydrogen (secondary N) is 1. The number of carbonyl (C=O) groups is 1. The number of carbonyl (C=O) groups excluding carboxylic acids is 1. The van der Waals surface area contributed by atoms with E-state index in [1.165, 1.54) is 0 Å². The lowest BCUT2D eigenvalue weighted by atomic mass is 9.99. The van der Waals surface area contributed by atoms with Gasteiger partial charge < -0.3 is 15.8 Å². The van der Waals surface area contributed by atoms with E-state index < -0.39 is 0 Å². The third-order valence-electron chi connectivity index (χ3n) is 3.01. The molecule has 4 heteroatoms. The van der Waals surface area contributed by atoms with Crippen LogP contribution in [0.4, 0.5) is 5.69 Å². The Balaban J connectivity index is 1.83. The van der Waals surface area contributed by atoms with Crippen LogP contribution >= 0.6 is 0 Å². The maximum atomic E-state index is 11.9. The fourth-order valence-corrected chi connectivity index (χ4v) is 2.00. The second-order valence-corrected chi connectivity index (χ2v) is 4.35. The molecule has 0 aliphatic carbocycles. The molecule has 0 aromatic heterocycles. The highest BCUT2D eigenvalue weighted by atomic mass is 16.5. The molecule has 0 unspecified atom stereocenters. The first-order valence-electron chi connectivity index (χ1n) is 5.95. The molecular formula is C13H18N2O2. The lowest BCUT2D eigenvalue weighted by Gasteiger charge is -2.21. The number of hydrogen-bond acceptors (Lipinski definition) is 3. The minimum absolute atomic E-state index is 0.102. The van der Waals surface area contributed by atoms with Crippen molar-refractivity contribution in [2.24, 2.45) is 5.92 Å². The second-order valence-electron chi connectivity index (χ2n) is 4.35. The zero-order chi connectivity index (χ0) is 12.1. The van der Waals surface area contributed by atoms with E-state index in [0.717, 1.165) is 24.1 Å². The molecule has 1 aromatic rings. The summed E-state index contributed by atoms with van der Waals surface area (Å²) in [7, 11) is 0. The Labute approximate surface area is 101 Å². The van der Waals surface area contributed by atoms with E-state index in [9.17, 15) is 4.79 Å². The summed E-state index contributed by atoms with van der Waals surface area (Å²) in [5.74, 6) is 0.223. The number of nitrogen functional groups attached to an aromatic ring is 1. The van der Waals surface area contributed by atoms with Crippen LogP contribution in [-0.2, 0) is 16.1 Å². The number of benzene rings is 1. The monoisotopic (exact) mass is 234 g/mol. The molecule has 0 bridgehead atoms. The number of nitrogens with two attached hydrogens (primary N) is 1. The number of amides is 1. The summed E-state index contributed by atoms with van der Waals surface area (Å²) in [6.45, 7) is 1.92. The lowest BCUT2D eigenvalue weighted by molar-refractivity contribution is -0.128. The van der Waals surface area contributed by atoms with E-state index >= 15 is 0 Å². The summed E-state index contributed by atoms with van der Waals surface area (Å²) in [4.78, 5) is 11.9. The van der Waals surface area contributed by atoms with Crippen molar-refractivity contribution in [1.82, 2.24) is 5.32 Å². The predicted octanol–water partition coefficient (Wildman–Crippen LogP) is 1.31. The van der Waals surface area contributed by atoms with Gasteiger partial charge in [0.2, 0.25) is 5.91 Å². The SMILES string of the molecule is Nc1cccc(CNC(=O)C2CCOCC2)c1. The summed E-state index contributed by atoms with van der Waals surface area (Å²) < 4.78 is 5.23. The molecule has 4 nitrogen and oxygen atoms in total.